The zero-order valence-corrected chi connectivity index (χ0v) is 17.8. The first-order valence-corrected chi connectivity index (χ1v) is 10.2. The number of amides is 2. The van der Waals surface area contributed by atoms with Crippen molar-refractivity contribution in [2.24, 2.45) is 11.8 Å². The number of likely N-dealkylation sites (tertiary alicyclic amines) is 1. The zero-order valence-electron chi connectivity index (χ0n) is 16.3. The predicted molar refractivity (Wildman–Crippen MR) is 113 cm³/mol. The van der Waals surface area contributed by atoms with Crippen molar-refractivity contribution >= 4 is 41.0 Å². The molecule has 2 aromatic carbocycles. The third-order valence-electron chi connectivity index (χ3n) is 5.19. The molecule has 158 valence electrons. The van der Waals surface area contributed by atoms with Crippen LogP contribution >= 0.6 is 23.2 Å². The first kappa shape index (κ1) is 22.1. The fourth-order valence-corrected chi connectivity index (χ4v) is 4.12. The minimum absolute atomic E-state index is 0.169. The summed E-state index contributed by atoms with van der Waals surface area (Å²) in [5, 5.41) is 9.90. The fourth-order valence-electron chi connectivity index (χ4n) is 3.62. The number of aryl methyl sites for hydroxylation is 1. The number of carbonyl (C=O) groups excluding carboxylic acids is 2. The summed E-state index contributed by atoms with van der Waals surface area (Å²) in [6.07, 6.45) is 1.11. The molecular weight excluding hydrogens is 429 g/mol. The van der Waals surface area contributed by atoms with Crippen LogP contribution in [0, 0.1) is 11.8 Å². The largest absolute Gasteiger partial charge is 0.493 e. The summed E-state index contributed by atoms with van der Waals surface area (Å²) in [5.41, 5.74) is 1.14. The Labute approximate surface area is 184 Å². The lowest BCUT2D eigenvalue weighted by Crippen LogP contribution is -2.31. The smallest absolute Gasteiger partial charge is 0.335 e. The van der Waals surface area contributed by atoms with Crippen molar-refractivity contribution in [2.75, 3.05) is 13.2 Å². The average molecular weight is 450 g/mol. The van der Waals surface area contributed by atoms with Crippen LogP contribution in [-0.2, 0) is 16.0 Å². The number of nitrogens with zero attached hydrogens (tertiary/aromatic N) is 1. The number of carboxylic acids is 1. The molecule has 0 unspecified atom stereocenters. The molecule has 1 fully saturated rings. The molecule has 2 amide bonds. The van der Waals surface area contributed by atoms with Crippen molar-refractivity contribution < 1.29 is 24.2 Å². The van der Waals surface area contributed by atoms with E-state index in [1.807, 2.05) is 0 Å². The lowest BCUT2D eigenvalue weighted by Gasteiger charge is -2.17. The minimum Gasteiger partial charge on any atom is -0.493 e. The Hall–Kier alpha value is -2.57. The van der Waals surface area contributed by atoms with Crippen LogP contribution in [0.15, 0.2) is 42.5 Å². The third kappa shape index (κ3) is 5.32. The van der Waals surface area contributed by atoms with Crippen molar-refractivity contribution in [3.63, 3.8) is 0 Å². The van der Waals surface area contributed by atoms with Crippen LogP contribution in [0.3, 0.4) is 0 Å². The normalized spacial score (nSPS) is 18.5. The van der Waals surface area contributed by atoms with Gasteiger partial charge in [0.15, 0.2) is 0 Å². The summed E-state index contributed by atoms with van der Waals surface area (Å²) in [6, 6.07) is 11.5. The van der Waals surface area contributed by atoms with Gasteiger partial charge in [-0.2, -0.15) is 0 Å². The topological polar surface area (TPSA) is 83.9 Å². The number of halogens is 2. The molecule has 0 radical (unpaired) electrons. The number of benzene rings is 2. The van der Waals surface area contributed by atoms with E-state index in [4.69, 9.17) is 33.0 Å². The lowest BCUT2D eigenvalue weighted by molar-refractivity contribution is -0.142. The van der Waals surface area contributed by atoms with Gasteiger partial charge in [0.2, 0.25) is 11.8 Å². The van der Waals surface area contributed by atoms with E-state index >= 15 is 0 Å². The number of aromatic carboxylic acids is 1. The molecular formula is C22H21Cl2NO5. The number of carbonyl (C=O) groups is 3. The fraction of sp³-hybridized carbons (Fsp3) is 0.318. The van der Waals surface area contributed by atoms with E-state index < -0.39 is 5.97 Å². The van der Waals surface area contributed by atoms with Gasteiger partial charge in [-0.3, -0.25) is 14.5 Å². The number of ether oxygens (including phenoxy) is 1. The lowest BCUT2D eigenvalue weighted by atomic mass is 9.90. The second-order valence-corrected chi connectivity index (χ2v) is 8.16. The van der Waals surface area contributed by atoms with E-state index in [9.17, 15) is 14.4 Å². The van der Waals surface area contributed by atoms with Gasteiger partial charge in [-0.15, -0.1) is 0 Å². The number of imide groups is 1. The van der Waals surface area contributed by atoms with Gasteiger partial charge in [-0.25, -0.2) is 4.79 Å². The van der Waals surface area contributed by atoms with E-state index in [0.29, 0.717) is 35.2 Å². The van der Waals surface area contributed by atoms with Crippen LogP contribution < -0.4 is 4.74 Å². The van der Waals surface area contributed by atoms with Gasteiger partial charge in [0.25, 0.3) is 0 Å². The standard InChI is InChI=1S/C22H21Cl2NO5/c1-13(26)25-11-16(12-30-19-9-17(23)8-18(24)10-19)20(21(25)27)7-4-14-2-5-15(6-3-14)22(28)29/h2-3,5-6,8-10,16,20H,4,7,11-12H2,1H3,(H,28,29)/t16-,20-/m1/s1. The van der Waals surface area contributed by atoms with Gasteiger partial charge >= 0.3 is 5.97 Å². The number of hydrogen-bond acceptors (Lipinski definition) is 4. The van der Waals surface area contributed by atoms with E-state index in [-0.39, 0.29) is 35.8 Å². The van der Waals surface area contributed by atoms with Gasteiger partial charge in [0, 0.05) is 35.3 Å². The van der Waals surface area contributed by atoms with E-state index in [1.165, 1.54) is 11.8 Å². The highest BCUT2D eigenvalue weighted by atomic mass is 35.5. The molecule has 0 bridgehead atoms. The van der Waals surface area contributed by atoms with E-state index in [0.717, 1.165) is 5.56 Å². The Bertz CT molecular complexity index is 940. The summed E-state index contributed by atoms with van der Waals surface area (Å²) in [7, 11) is 0. The summed E-state index contributed by atoms with van der Waals surface area (Å²) in [4.78, 5) is 36.9. The second-order valence-electron chi connectivity index (χ2n) is 7.29. The molecule has 2 aromatic rings. The van der Waals surface area contributed by atoms with Crippen molar-refractivity contribution in [3.05, 3.63) is 63.6 Å². The van der Waals surface area contributed by atoms with E-state index in [2.05, 4.69) is 0 Å². The van der Waals surface area contributed by atoms with Gasteiger partial charge in [0.05, 0.1) is 12.2 Å². The Morgan fingerprint density at radius 3 is 2.33 bits per heavy atom. The molecule has 1 saturated heterocycles. The molecule has 0 aromatic heterocycles. The van der Waals surface area contributed by atoms with Crippen LogP contribution in [0.25, 0.3) is 0 Å². The maximum absolute atomic E-state index is 12.8. The maximum Gasteiger partial charge on any atom is 0.335 e. The molecule has 0 saturated carbocycles. The number of carboxylic acid groups (broad SMARTS) is 1. The van der Waals surface area contributed by atoms with Gasteiger partial charge in [-0.1, -0.05) is 35.3 Å². The van der Waals surface area contributed by atoms with E-state index in [1.54, 1.807) is 42.5 Å². The number of rotatable bonds is 7. The molecule has 8 heteroatoms. The molecule has 30 heavy (non-hydrogen) atoms. The second kappa shape index (κ2) is 9.49. The first-order chi connectivity index (χ1) is 14.2. The van der Waals surface area contributed by atoms with Crippen molar-refractivity contribution in [3.8, 4) is 5.75 Å². The Kier molecular flexibility index (Phi) is 7.00. The Morgan fingerprint density at radius 2 is 1.77 bits per heavy atom. The summed E-state index contributed by atoms with van der Waals surface area (Å²) in [6.45, 7) is 1.92. The third-order valence-corrected chi connectivity index (χ3v) is 5.63. The zero-order chi connectivity index (χ0) is 21.8. The van der Waals surface area contributed by atoms with Crippen LogP contribution in [0.2, 0.25) is 10.0 Å². The Morgan fingerprint density at radius 1 is 1.13 bits per heavy atom. The van der Waals surface area contributed by atoms with Crippen LogP contribution in [0.1, 0.15) is 29.3 Å². The summed E-state index contributed by atoms with van der Waals surface area (Å²) in [5.74, 6) is -1.51. The molecule has 1 N–H and O–H groups in total. The van der Waals surface area contributed by atoms with Gasteiger partial charge in [0.1, 0.15) is 5.75 Å². The summed E-state index contributed by atoms with van der Waals surface area (Å²) < 4.78 is 5.83. The van der Waals surface area contributed by atoms with Crippen LogP contribution in [0.5, 0.6) is 5.75 Å². The quantitative estimate of drug-likeness (QED) is 0.679. The van der Waals surface area contributed by atoms with Gasteiger partial charge < -0.3 is 9.84 Å². The molecule has 1 aliphatic heterocycles. The molecule has 0 aliphatic carbocycles. The molecule has 2 atom stereocenters. The summed E-state index contributed by atoms with van der Waals surface area (Å²) >= 11 is 12.0. The SMILES string of the molecule is CC(=O)N1C[C@H](COc2cc(Cl)cc(Cl)c2)[C@@H](CCc2ccc(C(=O)O)cc2)C1=O. The van der Waals surface area contributed by atoms with Crippen molar-refractivity contribution in [1.82, 2.24) is 4.90 Å². The highest BCUT2D eigenvalue weighted by molar-refractivity contribution is 6.34. The highest BCUT2D eigenvalue weighted by Crippen LogP contribution is 2.31. The monoisotopic (exact) mass is 449 g/mol. The van der Waals surface area contributed by atoms with Gasteiger partial charge in [-0.05, 0) is 48.7 Å². The van der Waals surface area contributed by atoms with Crippen LogP contribution in [-0.4, -0.2) is 40.9 Å². The predicted octanol–water partition coefficient (Wildman–Crippen LogP) is 4.32. The van der Waals surface area contributed by atoms with Crippen LogP contribution in [0.4, 0.5) is 0 Å². The Balaban J connectivity index is 1.69. The number of hydrogen-bond donors (Lipinski definition) is 1. The first-order valence-electron chi connectivity index (χ1n) is 9.47. The maximum atomic E-state index is 12.8. The molecule has 0 spiro atoms. The van der Waals surface area contributed by atoms with Crippen molar-refractivity contribution in [1.29, 1.82) is 0 Å². The average Bonchev–Trinajstić information content (AvgIpc) is 3.00. The molecule has 1 heterocycles. The minimum atomic E-state index is -0.983. The molecule has 3 rings (SSSR count). The molecule has 1 aliphatic rings. The van der Waals surface area contributed by atoms with Crippen molar-refractivity contribution in [2.45, 2.75) is 19.8 Å². The highest BCUT2D eigenvalue weighted by Gasteiger charge is 2.42. The molecule has 6 nitrogen and oxygen atoms in total.